The van der Waals surface area contributed by atoms with Gasteiger partial charge in [-0.15, -0.1) is 0 Å². The summed E-state index contributed by atoms with van der Waals surface area (Å²) in [5.41, 5.74) is 1.98. The van der Waals surface area contributed by atoms with Crippen LogP contribution in [0.25, 0.3) is 0 Å². The van der Waals surface area contributed by atoms with E-state index in [1.165, 1.54) is 0 Å². The van der Waals surface area contributed by atoms with Gasteiger partial charge in [0.05, 0.1) is 5.56 Å². The topological polar surface area (TPSA) is 20.3 Å². The van der Waals surface area contributed by atoms with Crippen LogP contribution in [0, 0.1) is 5.92 Å². The van der Waals surface area contributed by atoms with Crippen LogP contribution in [0.2, 0.25) is 0 Å². The quantitative estimate of drug-likeness (QED) is 0.807. The first kappa shape index (κ1) is 10.7. The van der Waals surface area contributed by atoms with E-state index in [1.54, 1.807) is 0 Å². The van der Waals surface area contributed by atoms with Crippen molar-refractivity contribution >= 4 is 21.8 Å². The van der Waals surface area contributed by atoms with Crippen LogP contribution in [-0.4, -0.2) is 17.4 Å². The fourth-order valence-corrected chi connectivity index (χ4v) is 2.54. The number of hydrogen-bond donors (Lipinski definition) is 0. The maximum atomic E-state index is 12.0. The Labute approximate surface area is 98.4 Å². The van der Waals surface area contributed by atoms with Crippen LogP contribution < -0.4 is 0 Å². The standard InChI is InChI=1S/C12H14BrNO/c1-8(2)6-14-7-9-4-3-5-10(13)11(9)12(14)15/h3-5,8H,6-7H2,1-2H3. The normalized spacial score (nSPS) is 14.9. The molecule has 0 spiro atoms. The molecule has 1 aliphatic rings. The Morgan fingerprint density at radius 1 is 1.47 bits per heavy atom. The summed E-state index contributed by atoms with van der Waals surface area (Å²) >= 11 is 3.43. The number of nitrogens with zero attached hydrogens (tertiary/aromatic N) is 1. The summed E-state index contributed by atoms with van der Waals surface area (Å²) in [5.74, 6) is 0.674. The average Bonchev–Trinajstić information content (AvgIpc) is 2.44. The van der Waals surface area contributed by atoms with Gasteiger partial charge in [0.1, 0.15) is 0 Å². The van der Waals surface area contributed by atoms with Gasteiger partial charge in [-0.05, 0) is 33.5 Å². The van der Waals surface area contributed by atoms with E-state index >= 15 is 0 Å². The highest BCUT2D eigenvalue weighted by Gasteiger charge is 2.29. The number of hydrogen-bond acceptors (Lipinski definition) is 1. The van der Waals surface area contributed by atoms with Crippen molar-refractivity contribution in [2.45, 2.75) is 20.4 Å². The predicted octanol–water partition coefficient (Wildman–Crippen LogP) is 3.06. The summed E-state index contributed by atoms with van der Waals surface area (Å²) < 4.78 is 0.913. The highest BCUT2D eigenvalue weighted by molar-refractivity contribution is 9.10. The van der Waals surface area contributed by atoms with Gasteiger partial charge in [-0.3, -0.25) is 4.79 Å². The number of halogens is 1. The first-order valence-corrected chi connectivity index (χ1v) is 5.95. The third kappa shape index (κ3) is 1.93. The van der Waals surface area contributed by atoms with Crippen LogP contribution in [0.3, 0.4) is 0 Å². The molecule has 0 fully saturated rings. The average molecular weight is 268 g/mol. The largest absolute Gasteiger partial charge is 0.334 e. The maximum Gasteiger partial charge on any atom is 0.255 e. The third-order valence-electron chi connectivity index (χ3n) is 2.55. The van der Waals surface area contributed by atoms with Gasteiger partial charge in [-0.2, -0.15) is 0 Å². The zero-order chi connectivity index (χ0) is 11.0. The molecule has 1 aliphatic heterocycles. The fraction of sp³-hybridized carbons (Fsp3) is 0.417. The minimum Gasteiger partial charge on any atom is -0.334 e. The zero-order valence-electron chi connectivity index (χ0n) is 8.96. The fourth-order valence-electron chi connectivity index (χ4n) is 1.96. The molecule has 0 radical (unpaired) electrons. The third-order valence-corrected chi connectivity index (χ3v) is 3.21. The van der Waals surface area contributed by atoms with Crippen LogP contribution >= 0.6 is 15.9 Å². The van der Waals surface area contributed by atoms with Gasteiger partial charge >= 0.3 is 0 Å². The predicted molar refractivity (Wildman–Crippen MR) is 63.7 cm³/mol. The molecular formula is C12H14BrNO. The minimum absolute atomic E-state index is 0.158. The highest BCUT2D eigenvalue weighted by Crippen LogP contribution is 2.29. The molecule has 1 aromatic rings. The molecule has 1 heterocycles. The monoisotopic (exact) mass is 267 g/mol. The first-order chi connectivity index (χ1) is 7.09. The lowest BCUT2D eigenvalue weighted by atomic mass is 10.1. The molecule has 0 N–H and O–H groups in total. The van der Waals surface area contributed by atoms with E-state index in [1.807, 2.05) is 23.1 Å². The SMILES string of the molecule is CC(C)CN1Cc2cccc(Br)c2C1=O. The molecule has 0 unspecified atom stereocenters. The molecular weight excluding hydrogens is 254 g/mol. The van der Waals surface area contributed by atoms with Crippen LogP contribution in [0.15, 0.2) is 22.7 Å². The zero-order valence-corrected chi connectivity index (χ0v) is 10.5. The van der Waals surface area contributed by atoms with Crippen LogP contribution in [0.1, 0.15) is 29.8 Å². The van der Waals surface area contributed by atoms with E-state index in [2.05, 4.69) is 29.8 Å². The number of benzene rings is 1. The lowest BCUT2D eigenvalue weighted by Crippen LogP contribution is -2.27. The molecule has 1 aromatic carbocycles. The minimum atomic E-state index is 0.158. The highest BCUT2D eigenvalue weighted by atomic mass is 79.9. The van der Waals surface area contributed by atoms with Gasteiger partial charge in [0, 0.05) is 17.6 Å². The van der Waals surface area contributed by atoms with E-state index in [0.29, 0.717) is 5.92 Å². The van der Waals surface area contributed by atoms with Crippen molar-refractivity contribution in [1.29, 1.82) is 0 Å². The van der Waals surface area contributed by atoms with Crippen LogP contribution in [-0.2, 0) is 6.54 Å². The van der Waals surface area contributed by atoms with E-state index in [4.69, 9.17) is 0 Å². The van der Waals surface area contributed by atoms with Gasteiger partial charge in [0.2, 0.25) is 0 Å². The van der Waals surface area contributed by atoms with Crippen molar-refractivity contribution in [2.24, 2.45) is 5.92 Å². The molecule has 0 atom stereocenters. The van der Waals surface area contributed by atoms with Gasteiger partial charge in [0.25, 0.3) is 5.91 Å². The van der Waals surface area contributed by atoms with Crippen molar-refractivity contribution in [3.63, 3.8) is 0 Å². The Hall–Kier alpha value is -0.830. The second kappa shape index (κ2) is 3.97. The van der Waals surface area contributed by atoms with Crippen molar-refractivity contribution in [1.82, 2.24) is 4.90 Å². The smallest absolute Gasteiger partial charge is 0.255 e. The Balaban J connectivity index is 2.30. The molecule has 0 saturated heterocycles. The summed E-state index contributed by atoms with van der Waals surface area (Å²) in [5, 5.41) is 0. The maximum absolute atomic E-state index is 12.0. The van der Waals surface area contributed by atoms with E-state index in [0.717, 1.165) is 28.7 Å². The number of amides is 1. The Kier molecular flexibility index (Phi) is 2.83. The van der Waals surface area contributed by atoms with Crippen molar-refractivity contribution < 1.29 is 4.79 Å². The Morgan fingerprint density at radius 3 is 2.80 bits per heavy atom. The molecule has 0 bridgehead atoms. The molecule has 0 saturated carbocycles. The molecule has 2 nitrogen and oxygen atoms in total. The molecule has 0 aliphatic carbocycles. The van der Waals surface area contributed by atoms with E-state index in [9.17, 15) is 4.79 Å². The van der Waals surface area contributed by atoms with Gasteiger partial charge < -0.3 is 4.90 Å². The van der Waals surface area contributed by atoms with Gasteiger partial charge in [0.15, 0.2) is 0 Å². The number of rotatable bonds is 2. The molecule has 0 aromatic heterocycles. The van der Waals surface area contributed by atoms with Crippen molar-refractivity contribution in [2.75, 3.05) is 6.54 Å². The van der Waals surface area contributed by atoms with Crippen molar-refractivity contribution in [3.05, 3.63) is 33.8 Å². The lowest BCUT2D eigenvalue weighted by Gasteiger charge is -2.17. The Morgan fingerprint density at radius 2 is 2.20 bits per heavy atom. The number of carbonyl (C=O) groups excluding carboxylic acids is 1. The van der Waals surface area contributed by atoms with Crippen molar-refractivity contribution in [3.8, 4) is 0 Å². The van der Waals surface area contributed by atoms with Gasteiger partial charge in [-0.1, -0.05) is 26.0 Å². The van der Waals surface area contributed by atoms with E-state index in [-0.39, 0.29) is 5.91 Å². The van der Waals surface area contributed by atoms with Crippen LogP contribution in [0.4, 0.5) is 0 Å². The molecule has 15 heavy (non-hydrogen) atoms. The summed E-state index contributed by atoms with van der Waals surface area (Å²) in [4.78, 5) is 14.0. The molecule has 2 rings (SSSR count). The number of fused-ring (bicyclic) bond motifs is 1. The molecule has 80 valence electrons. The summed E-state index contributed by atoms with van der Waals surface area (Å²) in [6, 6.07) is 5.93. The second-order valence-electron chi connectivity index (χ2n) is 4.35. The number of carbonyl (C=O) groups is 1. The Bertz CT molecular complexity index is 401. The molecule has 3 heteroatoms. The summed E-state index contributed by atoms with van der Waals surface area (Å²) in [7, 11) is 0. The van der Waals surface area contributed by atoms with Gasteiger partial charge in [-0.25, -0.2) is 0 Å². The summed E-state index contributed by atoms with van der Waals surface area (Å²) in [6.45, 7) is 5.85. The molecule has 1 amide bonds. The first-order valence-electron chi connectivity index (χ1n) is 5.16. The second-order valence-corrected chi connectivity index (χ2v) is 5.21. The van der Waals surface area contributed by atoms with Crippen LogP contribution in [0.5, 0.6) is 0 Å². The van der Waals surface area contributed by atoms with E-state index < -0.39 is 0 Å². The lowest BCUT2D eigenvalue weighted by molar-refractivity contribution is 0.0759. The summed E-state index contributed by atoms with van der Waals surface area (Å²) in [6.07, 6.45) is 0.